The fourth-order valence-corrected chi connectivity index (χ4v) is 3.25. The first-order valence-corrected chi connectivity index (χ1v) is 8.10. The Kier molecular flexibility index (Phi) is 4.29. The summed E-state index contributed by atoms with van der Waals surface area (Å²) in [6.07, 6.45) is 6.01. The average Bonchev–Trinajstić information content (AvgIpc) is 3.22. The quantitative estimate of drug-likeness (QED) is 0.904. The van der Waals surface area contributed by atoms with E-state index in [-0.39, 0.29) is 11.4 Å². The van der Waals surface area contributed by atoms with Crippen molar-refractivity contribution in [3.8, 4) is 0 Å². The number of benzene rings is 1. The largest absolute Gasteiger partial charge is 0.381 e. The first kappa shape index (κ1) is 14.6. The molecule has 1 heterocycles. The van der Waals surface area contributed by atoms with E-state index in [9.17, 15) is 4.79 Å². The topological polar surface area (TPSA) is 38.3 Å². The second-order valence-corrected chi connectivity index (χ2v) is 6.72. The lowest BCUT2D eigenvalue weighted by atomic mass is 9.96. The van der Waals surface area contributed by atoms with Gasteiger partial charge in [-0.2, -0.15) is 0 Å². The molecule has 1 atom stereocenters. The third kappa shape index (κ3) is 3.85. The Bertz CT molecular complexity index is 502. The summed E-state index contributed by atoms with van der Waals surface area (Å²) in [5.74, 6) is 0.615. The van der Waals surface area contributed by atoms with E-state index in [0.717, 1.165) is 45.3 Å². The zero-order chi connectivity index (χ0) is 14.7. The van der Waals surface area contributed by atoms with Gasteiger partial charge in [0.15, 0.2) is 0 Å². The van der Waals surface area contributed by atoms with Crippen LogP contribution in [0.2, 0.25) is 0 Å². The lowest BCUT2D eigenvalue weighted by Gasteiger charge is -2.24. The minimum atomic E-state index is 0.0265. The Morgan fingerprint density at radius 1 is 1.38 bits per heavy atom. The molecule has 2 fully saturated rings. The third-order valence-corrected chi connectivity index (χ3v) is 4.78. The molecule has 3 heteroatoms. The van der Waals surface area contributed by atoms with Crippen LogP contribution in [0, 0.1) is 12.8 Å². The number of rotatable bonds is 5. The van der Waals surface area contributed by atoms with E-state index in [4.69, 9.17) is 4.74 Å². The van der Waals surface area contributed by atoms with Crippen LogP contribution in [-0.4, -0.2) is 24.7 Å². The van der Waals surface area contributed by atoms with Gasteiger partial charge in [0.2, 0.25) is 5.91 Å². The van der Waals surface area contributed by atoms with Gasteiger partial charge < -0.3 is 10.1 Å². The number of nitrogens with one attached hydrogen (secondary N) is 1. The summed E-state index contributed by atoms with van der Waals surface area (Å²) < 4.78 is 5.46. The molecule has 3 nitrogen and oxygen atoms in total. The summed E-state index contributed by atoms with van der Waals surface area (Å²) >= 11 is 0. The van der Waals surface area contributed by atoms with Gasteiger partial charge >= 0.3 is 0 Å². The Hall–Kier alpha value is -1.35. The van der Waals surface area contributed by atoms with Crippen LogP contribution in [0.1, 0.15) is 43.2 Å². The number of carbonyl (C=O) groups is 1. The van der Waals surface area contributed by atoms with Crippen molar-refractivity contribution in [3.63, 3.8) is 0 Å². The molecule has 1 saturated heterocycles. The molecule has 1 amide bonds. The Morgan fingerprint density at radius 2 is 2.19 bits per heavy atom. The molecular formula is C18H25NO2. The SMILES string of the molecule is Cc1ccccc1CC1(NC(=O)CC2CCCOC2)CC1. The van der Waals surface area contributed by atoms with Crippen LogP contribution in [0.15, 0.2) is 24.3 Å². The number of carbonyl (C=O) groups excluding carboxylic acids is 1. The van der Waals surface area contributed by atoms with E-state index in [1.807, 2.05) is 0 Å². The Labute approximate surface area is 127 Å². The van der Waals surface area contributed by atoms with Crippen LogP contribution in [0.4, 0.5) is 0 Å². The summed E-state index contributed by atoms with van der Waals surface area (Å²) in [6, 6.07) is 8.47. The molecule has 0 spiro atoms. The van der Waals surface area contributed by atoms with E-state index in [1.54, 1.807) is 0 Å². The smallest absolute Gasteiger partial charge is 0.220 e. The molecule has 2 aliphatic rings. The molecule has 3 rings (SSSR count). The number of ether oxygens (including phenoxy) is 1. The van der Waals surface area contributed by atoms with Crippen molar-refractivity contribution in [2.24, 2.45) is 5.92 Å². The van der Waals surface area contributed by atoms with Gasteiger partial charge in [0, 0.05) is 25.2 Å². The number of aryl methyl sites for hydroxylation is 1. The lowest BCUT2D eigenvalue weighted by Crippen LogP contribution is -2.40. The second kappa shape index (κ2) is 6.18. The molecule has 114 valence electrons. The molecule has 1 aliphatic heterocycles. The van der Waals surface area contributed by atoms with Crippen molar-refractivity contribution in [3.05, 3.63) is 35.4 Å². The molecular weight excluding hydrogens is 262 g/mol. The summed E-state index contributed by atoms with van der Waals surface area (Å²) in [6.45, 7) is 3.75. The van der Waals surface area contributed by atoms with Crippen LogP contribution < -0.4 is 5.32 Å². The average molecular weight is 287 g/mol. The maximum Gasteiger partial charge on any atom is 0.220 e. The van der Waals surface area contributed by atoms with Crippen LogP contribution in [-0.2, 0) is 16.0 Å². The van der Waals surface area contributed by atoms with E-state index >= 15 is 0 Å². The van der Waals surface area contributed by atoms with E-state index in [2.05, 4.69) is 36.5 Å². The van der Waals surface area contributed by atoms with Crippen LogP contribution >= 0.6 is 0 Å². The Balaban J connectivity index is 1.54. The molecule has 0 radical (unpaired) electrons. The van der Waals surface area contributed by atoms with Crippen molar-refractivity contribution in [2.75, 3.05) is 13.2 Å². The van der Waals surface area contributed by atoms with Crippen molar-refractivity contribution in [1.82, 2.24) is 5.32 Å². The van der Waals surface area contributed by atoms with Crippen LogP contribution in [0.3, 0.4) is 0 Å². The van der Waals surface area contributed by atoms with Crippen molar-refractivity contribution >= 4 is 5.91 Å². The van der Waals surface area contributed by atoms with Gasteiger partial charge in [-0.05, 0) is 56.1 Å². The molecule has 0 bridgehead atoms. The Morgan fingerprint density at radius 3 is 2.86 bits per heavy atom. The highest BCUT2D eigenvalue weighted by Crippen LogP contribution is 2.39. The van der Waals surface area contributed by atoms with Gasteiger partial charge in [-0.15, -0.1) is 0 Å². The number of hydrogen-bond acceptors (Lipinski definition) is 2. The fraction of sp³-hybridized carbons (Fsp3) is 0.611. The maximum absolute atomic E-state index is 12.3. The molecule has 0 aromatic heterocycles. The van der Waals surface area contributed by atoms with Gasteiger partial charge in [0.25, 0.3) is 0 Å². The van der Waals surface area contributed by atoms with Gasteiger partial charge in [-0.25, -0.2) is 0 Å². The highest BCUT2D eigenvalue weighted by molar-refractivity contribution is 5.77. The van der Waals surface area contributed by atoms with Gasteiger partial charge in [-0.1, -0.05) is 24.3 Å². The molecule has 21 heavy (non-hydrogen) atoms. The van der Waals surface area contributed by atoms with Crippen LogP contribution in [0.5, 0.6) is 0 Å². The highest BCUT2D eigenvalue weighted by Gasteiger charge is 2.44. The summed E-state index contributed by atoms with van der Waals surface area (Å²) in [4.78, 5) is 12.3. The summed E-state index contributed by atoms with van der Waals surface area (Å²) in [7, 11) is 0. The molecule has 1 saturated carbocycles. The van der Waals surface area contributed by atoms with Gasteiger partial charge in [-0.3, -0.25) is 4.79 Å². The van der Waals surface area contributed by atoms with E-state index < -0.39 is 0 Å². The number of hydrogen-bond donors (Lipinski definition) is 1. The maximum atomic E-state index is 12.3. The summed E-state index contributed by atoms with van der Waals surface area (Å²) in [5, 5.41) is 3.30. The summed E-state index contributed by atoms with van der Waals surface area (Å²) in [5.41, 5.74) is 2.70. The van der Waals surface area contributed by atoms with Crippen molar-refractivity contribution in [1.29, 1.82) is 0 Å². The highest BCUT2D eigenvalue weighted by atomic mass is 16.5. The molecule has 1 aromatic carbocycles. The second-order valence-electron chi connectivity index (χ2n) is 6.72. The minimum absolute atomic E-state index is 0.0265. The number of amides is 1. The minimum Gasteiger partial charge on any atom is -0.381 e. The standard InChI is InChI=1S/C18H25NO2/c1-14-5-2-3-7-16(14)12-18(8-9-18)19-17(20)11-15-6-4-10-21-13-15/h2-3,5,7,15H,4,6,8-13H2,1H3,(H,19,20). The molecule has 1 aromatic rings. The normalized spacial score (nSPS) is 23.6. The van der Waals surface area contributed by atoms with Crippen molar-refractivity contribution in [2.45, 2.75) is 51.0 Å². The molecule has 1 aliphatic carbocycles. The third-order valence-electron chi connectivity index (χ3n) is 4.78. The first-order chi connectivity index (χ1) is 10.2. The monoisotopic (exact) mass is 287 g/mol. The molecule has 1 N–H and O–H groups in total. The molecule has 1 unspecified atom stereocenters. The predicted molar refractivity (Wildman–Crippen MR) is 83.2 cm³/mol. The zero-order valence-corrected chi connectivity index (χ0v) is 12.9. The van der Waals surface area contributed by atoms with Gasteiger partial charge in [0.1, 0.15) is 0 Å². The van der Waals surface area contributed by atoms with Gasteiger partial charge in [0.05, 0.1) is 0 Å². The van der Waals surface area contributed by atoms with E-state index in [0.29, 0.717) is 12.3 Å². The van der Waals surface area contributed by atoms with E-state index in [1.165, 1.54) is 11.1 Å². The van der Waals surface area contributed by atoms with Crippen molar-refractivity contribution < 1.29 is 9.53 Å². The first-order valence-electron chi connectivity index (χ1n) is 8.10. The zero-order valence-electron chi connectivity index (χ0n) is 12.9. The van der Waals surface area contributed by atoms with Crippen LogP contribution in [0.25, 0.3) is 0 Å². The lowest BCUT2D eigenvalue weighted by molar-refractivity contribution is -0.124. The predicted octanol–water partition coefficient (Wildman–Crippen LogP) is 3.00. The fourth-order valence-electron chi connectivity index (χ4n) is 3.25.